The number of hydrogen-bond donors (Lipinski definition) is 0. The topological polar surface area (TPSA) is 54.4 Å². The van der Waals surface area contributed by atoms with Crippen molar-refractivity contribution in [3.8, 4) is 5.88 Å². The highest BCUT2D eigenvalue weighted by atomic mass is 79.9. The van der Waals surface area contributed by atoms with Crippen LogP contribution in [0.2, 0.25) is 0 Å². The minimum atomic E-state index is 0.610. The van der Waals surface area contributed by atoms with Crippen LogP contribution in [-0.4, -0.2) is 47.7 Å². The van der Waals surface area contributed by atoms with Gasteiger partial charge in [0.05, 0.1) is 6.61 Å². The van der Waals surface area contributed by atoms with Crippen LogP contribution in [-0.2, 0) is 0 Å². The van der Waals surface area contributed by atoms with Gasteiger partial charge in [-0.1, -0.05) is 0 Å². The van der Waals surface area contributed by atoms with Gasteiger partial charge in [0, 0.05) is 49.1 Å². The van der Waals surface area contributed by atoms with Gasteiger partial charge in [0.1, 0.15) is 5.82 Å². The van der Waals surface area contributed by atoms with Crippen LogP contribution in [0.1, 0.15) is 18.9 Å². The maximum absolute atomic E-state index is 5.48. The first-order chi connectivity index (χ1) is 11.7. The molecule has 0 aromatic carbocycles. The first-order valence-electron chi connectivity index (χ1n) is 8.25. The maximum Gasteiger partial charge on any atom is 0.228 e. The van der Waals surface area contributed by atoms with E-state index in [2.05, 4.69) is 53.7 Å². The smallest absolute Gasteiger partial charge is 0.228 e. The average Bonchev–Trinajstić information content (AvgIpc) is 2.84. The first kappa shape index (κ1) is 17.0. The van der Waals surface area contributed by atoms with Crippen molar-refractivity contribution in [2.24, 2.45) is 0 Å². The fraction of sp³-hybridized carbons (Fsp3) is 0.471. The summed E-state index contributed by atoms with van der Waals surface area (Å²) in [7, 11) is 0. The van der Waals surface area contributed by atoms with Crippen molar-refractivity contribution in [1.29, 1.82) is 0 Å². The molecule has 0 N–H and O–H groups in total. The van der Waals surface area contributed by atoms with E-state index in [0.717, 1.165) is 48.8 Å². The van der Waals surface area contributed by atoms with Crippen molar-refractivity contribution in [3.63, 3.8) is 0 Å². The number of anilines is 2. The summed E-state index contributed by atoms with van der Waals surface area (Å²) in [6.07, 6.45) is 4.68. The van der Waals surface area contributed by atoms with E-state index in [0.29, 0.717) is 12.5 Å². The molecule has 1 fully saturated rings. The standard InChI is InChI=1S/C17H22BrN5O/c1-3-24-16-5-6-19-17(21-16)23-8-4-7-22(9-10-23)15-11-13(2)14(18)12-20-15/h5-6,11-12H,3-4,7-10H2,1-2H3. The van der Waals surface area contributed by atoms with Crippen molar-refractivity contribution in [1.82, 2.24) is 15.0 Å². The summed E-state index contributed by atoms with van der Waals surface area (Å²) >= 11 is 3.51. The highest BCUT2D eigenvalue weighted by Crippen LogP contribution is 2.22. The normalized spacial score (nSPS) is 15.3. The number of nitrogens with zero attached hydrogens (tertiary/aromatic N) is 5. The molecule has 2 aromatic heterocycles. The molecule has 6 nitrogen and oxygen atoms in total. The zero-order valence-electron chi connectivity index (χ0n) is 14.1. The second-order valence-electron chi connectivity index (χ2n) is 5.75. The van der Waals surface area contributed by atoms with Crippen LogP contribution < -0.4 is 14.5 Å². The van der Waals surface area contributed by atoms with Crippen LogP contribution in [0.3, 0.4) is 0 Å². The Hall–Kier alpha value is -1.89. The zero-order valence-corrected chi connectivity index (χ0v) is 15.7. The van der Waals surface area contributed by atoms with E-state index >= 15 is 0 Å². The monoisotopic (exact) mass is 391 g/mol. The third-order valence-corrected chi connectivity index (χ3v) is 4.87. The van der Waals surface area contributed by atoms with E-state index in [1.165, 1.54) is 5.56 Å². The van der Waals surface area contributed by atoms with Gasteiger partial charge in [0.2, 0.25) is 11.8 Å². The van der Waals surface area contributed by atoms with Crippen molar-refractivity contribution in [3.05, 3.63) is 34.6 Å². The van der Waals surface area contributed by atoms with Crippen LogP contribution >= 0.6 is 15.9 Å². The number of halogens is 1. The number of pyridine rings is 1. The number of aromatic nitrogens is 3. The van der Waals surface area contributed by atoms with Gasteiger partial charge in [-0.3, -0.25) is 0 Å². The molecule has 3 heterocycles. The predicted octanol–water partition coefficient (Wildman–Crippen LogP) is 3.06. The van der Waals surface area contributed by atoms with Crippen LogP contribution in [0, 0.1) is 6.92 Å². The van der Waals surface area contributed by atoms with Crippen molar-refractivity contribution < 1.29 is 4.74 Å². The molecule has 1 aliphatic heterocycles. The molecule has 2 aromatic rings. The quantitative estimate of drug-likeness (QED) is 0.797. The molecule has 1 saturated heterocycles. The molecule has 0 amide bonds. The van der Waals surface area contributed by atoms with Gasteiger partial charge < -0.3 is 14.5 Å². The molecule has 7 heteroatoms. The third-order valence-electron chi connectivity index (χ3n) is 4.04. The zero-order chi connectivity index (χ0) is 16.9. The molecule has 128 valence electrons. The molecule has 0 atom stereocenters. The summed E-state index contributed by atoms with van der Waals surface area (Å²) < 4.78 is 6.53. The Bertz CT molecular complexity index is 696. The Morgan fingerprint density at radius 3 is 2.75 bits per heavy atom. The minimum Gasteiger partial charge on any atom is -0.478 e. The molecule has 0 radical (unpaired) electrons. The van der Waals surface area contributed by atoms with Crippen molar-refractivity contribution in [2.45, 2.75) is 20.3 Å². The van der Waals surface area contributed by atoms with Crippen LogP contribution in [0.15, 0.2) is 29.0 Å². The lowest BCUT2D eigenvalue weighted by molar-refractivity contribution is 0.326. The average molecular weight is 392 g/mol. The van der Waals surface area contributed by atoms with E-state index < -0.39 is 0 Å². The largest absolute Gasteiger partial charge is 0.478 e. The SMILES string of the molecule is CCOc1ccnc(N2CCCN(c3cc(C)c(Br)cn3)CC2)n1. The Kier molecular flexibility index (Phi) is 5.50. The highest BCUT2D eigenvalue weighted by Gasteiger charge is 2.18. The van der Waals surface area contributed by atoms with Crippen molar-refractivity contribution >= 4 is 27.7 Å². The van der Waals surface area contributed by atoms with E-state index in [-0.39, 0.29) is 0 Å². The maximum atomic E-state index is 5.48. The summed E-state index contributed by atoms with van der Waals surface area (Å²) in [5.74, 6) is 2.40. The lowest BCUT2D eigenvalue weighted by atomic mass is 10.3. The summed E-state index contributed by atoms with van der Waals surface area (Å²) in [6.45, 7) is 8.34. The molecule has 0 spiro atoms. The van der Waals surface area contributed by atoms with Crippen LogP contribution in [0.4, 0.5) is 11.8 Å². The molecular weight excluding hydrogens is 370 g/mol. The Morgan fingerprint density at radius 2 is 1.96 bits per heavy atom. The van der Waals surface area contributed by atoms with E-state index in [4.69, 9.17) is 4.74 Å². The van der Waals surface area contributed by atoms with Gasteiger partial charge in [-0.2, -0.15) is 4.98 Å². The van der Waals surface area contributed by atoms with E-state index in [1.807, 2.05) is 13.1 Å². The van der Waals surface area contributed by atoms with Crippen LogP contribution in [0.25, 0.3) is 0 Å². The number of hydrogen-bond acceptors (Lipinski definition) is 6. The first-order valence-corrected chi connectivity index (χ1v) is 9.04. The minimum absolute atomic E-state index is 0.610. The second-order valence-corrected chi connectivity index (χ2v) is 6.60. The van der Waals surface area contributed by atoms with Gasteiger partial charge in [0.15, 0.2) is 0 Å². The van der Waals surface area contributed by atoms with Gasteiger partial charge in [-0.05, 0) is 47.8 Å². The molecule has 0 aliphatic carbocycles. The molecule has 0 saturated carbocycles. The third kappa shape index (κ3) is 3.95. The van der Waals surface area contributed by atoms with Crippen molar-refractivity contribution in [2.75, 3.05) is 42.6 Å². The van der Waals surface area contributed by atoms with Gasteiger partial charge in [-0.15, -0.1) is 0 Å². The fourth-order valence-corrected chi connectivity index (χ4v) is 2.97. The van der Waals surface area contributed by atoms with Gasteiger partial charge in [-0.25, -0.2) is 9.97 Å². The highest BCUT2D eigenvalue weighted by molar-refractivity contribution is 9.10. The Morgan fingerprint density at radius 1 is 1.17 bits per heavy atom. The lowest BCUT2D eigenvalue weighted by Crippen LogP contribution is -2.32. The van der Waals surface area contributed by atoms with Crippen LogP contribution in [0.5, 0.6) is 5.88 Å². The van der Waals surface area contributed by atoms with E-state index in [1.54, 1.807) is 12.3 Å². The summed E-state index contributed by atoms with van der Waals surface area (Å²) in [6, 6.07) is 3.93. The molecule has 24 heavy (non-hydrogen) atoms. The number of aryl methyl sites for hydroxylation is 1. The molecular formula is C17H22BrN5O. The Labute approximate surface area is 151 Å². The van der Waals surface area contributed by atoms with Gasteiger partial charge >= 0.3 is 0 Å². The summed E-state index contributed by atoms with van der Waals surface area (Å²) in [4.78, 5) is 18.0. The predicted molar refractivity (Wildman–Crippen MR) is 98.9 cm³/mol. The molecule has 0 unspecified atom stereocenters. The number of rotatable bonds is 4. The van der Waals surface area contributed by atoms with E-state index in [9.17, 15) is 0 Å². The second kappa shape index (κ2) is 7.79. The number of ether oxygens (including phenoxy) is 1. The lowest BCUT2D eigenvalue weighted by Gasteiger charge is -2.23. The summed E-state index contributed by atoms with van der Waals surface area (Å²) in [5, 5.41) is 0. The summed E-state index contributed by atoms with van der Waals surface area (Å²) in [5.41, 5.74) is 1.20. The molecule has 0 bridgehead atoms. The Balaban J connectivity index is 1.70. The molecule has 3 rings (SSSR count). The fourth-order valence-electron chi connectivity index (χ4n) is 2.76. The van der Waals surface area contributed by atoms with Gasteiger partial charge in [0.25, 0.3) is 0 Å². The molecule has 1 aliphatic rings.